The second-order valence-electron chi connectivity index (χ2n) is 6.34. The van der Waals surface area contributed by atoms with Crippen LogP contribution >= 0.6 is 0 Å². The monoisotopic (exact) mass is 277 g/mol. The number of fused-ring (bicyclic) bond motifs is 1. The maximum Gasteiger partial charge on any atom is 0.159 e. The number of hydrogen-bond acceptors (Lipinski definition) is 3. The Bertz CT molecular complexity index is 784. The SMILES string of the molecule is CC(C)(C)c1ccc(-c2ncc3ccc(N)cc3n2)cc1. The highest BCUT2D eigenvalue weighted by Crippen LogP contribution is 2.25. The van der Waals surface area contributed by atoms with Gasteiger partial charge in [0.2, 0.25) is 0 Å². The largest absolute Gasteiger partial charge is 0.399 e. The average molecular weight is 277 g/mol. The number of nitrogens with two attached hydrogens (primary N) is 1. The number of hydrogen-bond donors (Lipinski definition) is 1. The molecule has 0 aliphatic rings. The molecule has 106 valence electrons. The lowest BCUT2D eigenvalue weighted by Gasteiger charge is -2.19. The molecule has 0 unspecified atom stereocenters. The van der Waals surface area contributed by atoms with Gasteiger partial charge in [0.25, 0.3) is 0 Å². The molecular formula is C18H19N3. The normalized spacial score (nSPS) is 11.8. The van der Waals surface area contributed by atoms with Crippen LogP contribution in [0.15, 0.2) is 48.7 Å². The van der Waals surface area contributed by atoms with E-state index in [9.17, 15) is 0 Å². The lowest BCUT2D eigenvalue weighted by Crippen LogP contribution is -2.10. The van der Waals surface area contributed by atoms with Crippen LogP contribution in [-0.2, 0) is 5.41 Å². The van der Waals surface area contributed by atoms with Crippen LogP contribution in [-0.4, -0.2) is 9.97 Å². The van der Waals surface area contributed by atoms with Crippen LogP contribution in [0.3, 0.4) is 0 Å². The zero-order chi connectivity index (χ0) is 15.0. The number of aromatic nitrogens is 2. The molecule has 0 radical (unpaired) electrons. The average Bonchev–Trinajstić information content (AvgIpc) is 2.45. The highest BCUT2D eigenvalue weighted by Gasteiger charge is 2.13. The first-order chi connectivity index (χ1) is 9.93. The van der Waals surface area contributed by atoms with Crippen molar-refractivity contribution in [1.82, 2.24) is 9.97 Å². The van der Waals surface area contributed by atoms with Crippen molar-refractivity contribution in [2.75, 3.05) is 5.73 Å². The van der Waals surface area contributed by atoms with Crippen molar-refractivity contribution in [2.45, 2.75) is 26.2 Å². The molecule has 0 amide bonds. The van der Waals surface area contributed by atoms with Gasteiger partial charge in [0.15, 0.2) is 5.82 Å². The van der Waals surface area contributed by atoms with Gasteiger partial charge in [0.05, 0.1) is 5.52 Å². The van der Waals surface area contributed by atoms with Crippen molar-refractivity contribution < 1.29 is 0 Å². The Kier molecular flexibility index (Phi) is 3.13. The summed E-state index contributed by atoms with van der Waals surface area (Å²) in [5, 5.41) is 0.999. The first kappa shape index (κ1) is 13.6. The minimum absolute atomic E-state index is 0.150. The molecule has 0 fully saturated rings. The molecule has 2 N–H and O–H groups in total. The first-order valence-corrected chi connectivity index (χ1v) is 7.07. The molecule has 3 nitrogen and oxygen atoms in total. The molecule has 3 heteroatoms. The summed E-state index contributed by atoms with van der Waals surface area (Å²) in [5.74, 6) is 0.730. The van der Waals surface area contributed by atoms with E-state index in [1.54, 1.807) is 0 Å². The molecule has 0 aliphatic carbocycles. The van der Waals surface area contributed by atoms with E-state index in [1.807, 2.05) is 24.4 Å². The summed E-state index contributed by atoms with van der Waals surface area (Å²) < 4.78 is 0. The fraction of sp³-hybridized carbons (Fsp3) is 0.222. The van der Waals surface area contributed by atoms with Gasteiger partial charge in [-0.05, 0) is 29.2 Å². The van der Waals surface area contributed by atoms with Crippen molar-refractivity contribution in [3.8, 4) is 11.4 Å². The van der Waals surface area contributed by atoms with E-state index >= 15 is 0 Å². The second-order valence-corrected chi connectivity index (χ2v) is 6.34. The Labute approximate surface area is 124 Å². The van der Waals surface area contributed by atoms with Crippen LogP contribution in [0.25, 0.3) is 22.3 Å². The summed E-state index contributed by atoms with van der Waals surface area (Å²) >= 11 is 0. The van der Waals surface area contributed by atoms with Crippen molar-refractivity contribution in [3.63, 3.8) is 0 Å². The van der Waals surface area contributed by atoms with Gasteiger partial charge in [-0.25, -0.2) is 9.97 Å². The highest BCUT2D eigenvalue weighted by atomic mass is 14.9. The standard InChI is InChI=1S/C18H19N3/c1-18(2,3)14-7-4-12(5-8-14)17-20-11-13-6-9-15(19)10-16(13)21-17/h4-11H,19H2,1-3H3. The maximum atomic E-state index is 5.82. The summed E-state index contributed by atoms with van der Waals surface area (Å²) in [5.41, 5.74) is 9.89. The quantitative estimate of drug-likeness (QED) is 0.679. The lowest BCUT2D eigenvalue weighted by atomic mass is 9.87. The molecule has 0 atom stereocenters. The predicted molar refractivity (Wildman–Crippen MR) is 88.1 cm³/mol. The van der Waals surface area contributed by atoms with Crippen LogP contribution < -0.4 is 5.73 Å². The summed E-state index contributed by atoms with van der Waals surface area (Å²) in [6, 6.07) is 14.1. The van der Waals surface area contributed by atoms with Gasteiger partial charge in [0.1, 0.15) is 0 Å². The molecule has 21 heavy (non-hydrogen) atoms. The van der Waals surface area contributed by atoms with Gasteiger partial charge >= 0.3 is 0 Å². The van der Waals surface area contributed by atoms with Crippen molar-refractivity contribution >= 4 is 16.6 Å². The Morgan fingerprint density at radius 3 is 2.33 bits per heavy atom. The van der Waals surface area contributed by atoms with Gasteiger partial charge < -0.3 is 5.73 Å². The highest BCUT2D eigenvalue weighted by molar-refractivity contribution is 5.82. The molecule has 0 saturated carbocycles. The smallest absolute Gasteiger partial charge is 0.159 e. The third-order valence-electron chi connectivity index (χ3n) is 3.62. The number of nitrogen functional groups attached to an aromatic ring is 1. The molecule has 1 aromatic heterocycles. The molecule has 0 spiro atoms. The predicted octanol–water partition coefficient (Wildman–Crippen LogP) is 4.18. The molecular weight excluding hydrogens is 258 g/mol. The molecule has 3 aromatic rings. The number of anilines is 1. The molecule has 0 bridgehead atoms. The maximum absolute atomic E-state index is 5.82. The van der Waals surface area contributed by atoms with Crippen molar-refractivity contribution in [3.05, 3.63) is 54.2 Å². The third-order valence-corrected chi connectivity index (χ3v) is 3.62. The molecule has 0 aliphatic heterocycles. The van der Waals surface area contributed by atoms with E-state index in [0.29, 0.717) is 0 Å². The van der Waals surface area contributed by atoms with Crippen LogP contribution in [0, 0.1) is 0 Å². The van der Waals surface area contributed by atoms with E-state index < -0.39 is 0 Å². The van der Waals surface area contributed by atoms with Crippen LogP contribution in [0.4, 0.5) is 5.69 Å². The first-order valence-electron chi connectivity index (χ1n) is 7.07. The van der Waals surface area contributed by atoms with E-state index in [2.05, 4.69) is 55.0 Å². The molecule has 1 heterocycles. The molecule has 2 aromatic carbocycles. The Balaban J connectivity index is 2.04. The Hall–Kier alpha value is -2.42. The zero-order valence-electron chi connectivity index (χ0n) is 12.6. The second kappa shape index (κ2) is 4.85. The van der Waals surface area contributed by atoms with E-state index in [4.69, 9.17) is 5.73 Å². The molecule has 3 rings (SSSR count). The summed E-state index contributed by atoms with van der Waals surface area (Å²) in [6.07, 6.45) is 1.84. The minimum atomic E-state index is 0.150. The van der Waals surface area contributed by atoms with Crippen molar-refractivity contribution in [2.24, 2.45) is 0 Å². The van der Waals surface area contributed by atoms with Gasteiger partial charge in [-0.2, -0.15) is 0 Å². The fourth-order valence-corrected chi connectivity index (χ4v) is 2.30. The number of nitrogens with zero attached hydrogens (tertiary/aromatic N) is 2. The summed E-state index contributed by atoms with van der Waals surface area (Å²) in [7, 11) is 0. The Morgan fingerprint density at radius 1 is 0.952 bits per heavy atom. The number of benzene rings is 2. The van der Waals surface area contributed by atoms with Crippen LogP contribution in [0.2, 0.25) is 0 Å². The van der Waals surface area contributed by atoms with Gasteiger partial charge in [-0.15, -0.1) is 0 Å². The minimum Gasteiger partial charge on any atom is -0.399 e. The van der Waals surface area contributed by atoms with E-state index in [0.717, 1.165) is 28.0 Å². The van der Waals surface area contributed by atoms with Crippen molar-refractivity contribution in [1.29, 1.82) is 0 Å². The summed E-state index contributed by atoms with van der Waals surface area (Å²) in [6.45, 7) is 6.62. The van der Waals surface area contributed by atoms with Crippen LogP contribution in [0.1, 0.15) is 26.3 Å². The zero-order valence-corrected chi connectivity index (χ0v) is 12.6. The van der Waals surface area contributed by atoms with E-state index in [-0.39, 0.29) is 5.41 Å². The lowest BCUT2D eigenvalue weighted by molar-refractivity contribution is 0.590. The molecule has 0 saturated heterocycles. The number of rotatable bonds is 1. The fourth-order valence-electron chi connectivity index (χ4n) is 2.30. The van der Waals surface area contributed by atoms with Crippen LogP contribution in [0.5, 0.6) is 0 Å². The third kappa shape index (κ3) is 2.72. The van der Waals surface area contributed by atoms with Gasteiger partial charge in [-0.3, -0.25) is 0 Å². The topological polar surface area (TPSA) is 51.8 Å². The summed E-state index contributed by atoms with van der Waals surface area (Å²) in [4.78, 5) is 9.05. The Morgan fingerprint density at radius 2 is 1.67 bits per heavy atom. The van der Waals surface area contributed by atoms with Gasteiger partial charge in [-0.1, -0.05) is 45.0 Å². The van der Waals surface area contributed by atoms with E-state index in [1.165, 1.54) is 5.56 Å². The van der Waals surface area contributed by atoms with Gasteiger partial charge in [0, 0.05) is 22.8 Å².